The van der Waals surface area contributed by atoms with Gasteiger partial charge in [0.15, 0.2) is 0 Å². The van der Waals surface area contributed by atoms with E-state index in [-0.39, 0.29) is 5.91 Å². The lowest BCUT2D eigenvalue weighted by Crippen LogP contribution is -2.34. The Morgan fingerprint density at radius 1 is 1.42 bits per heavy atom. The summed E-state index contributed by atoms with van der Waals surface area (Å²) in [6.07, 6.45) is 3.37. The number of halogens is 1. The summed E-state index contributed by atoms with van der Waals surface area (Å²) in [5.41, 5.74) is 1.78. The molecule has 0 aliphatic heterocycles. The first-order chi connectivity index (χ1) is 9.11. The molecule has 0 N–H and O–H groups in total. The third-order valence-corrected chi connectivity index (χ3v) is 3.83. The standard InChI is InChI=1S/C16H22ClNO/c1-12(2)8-9-18(15-6-7-15)16(19)14-5-3-4-13(10-14)11-17/h3-5,10,12,15H,6-9,11H2,1-2H3. The van der Waals surface area contributed by atoms with Crippen molar-refractivity contribution in [3.63, 3.8) is 0 Å². The van der Waals surface area contributed by atoms with Gasteiger partial charge >= 0.3 is 0 Å². The summed E-state index contributed by atoms with van der Waals surface area (Å²) in [5, 5.41) is 0. The van der Waals surface area contributed by atoms with Crippen molar-refractivity contribution in [3.8, 4) is 0 Å². The van der Waals surface area contributed by atoms with Crippen molar-refractivity contribution in [1.29, 1.82) is 0 Å². The lowest BCUT2D eigenvalue weighted by molar-refractivity contribution is 0.0735. The molecular weight excluding hydrogens is 258 g/mol. The maximum absolute atomic E-state index is 12.6. The second kappa shape index (κ2) is 6.42. The molecule has 3 heteroatoms. The van der Waals surface area contributed by atoms with Crippen molar-refractivity contribution in [2.45, 2.75) is 45.0 Å². The lowest BCUT2D eigenvalue weighted by atomic mass is 10.1. The van der Waals surface area contributed by atoms with Gasteiger partial charge in [0, 0.05) is 24.0 Å². The number of rotatable bonds is 6. The van der Waals surface area contributed by atoms with E-state index in [4.69, 9.17) is 11.6 Å². The quantitative estimate of drug-likeness (QED) is 0.719. The molecular formula is C16H22ClNO. The first kappa shape index (κ1) is 14.4. The van der Waals surface area contributed by atoms with Gasteiger partial charge in [-0.1, -0.05) is 26.0 Å². The highest BCUT2D eigenvalue weighted by Crippen LogP contribution is 2.29. The van der Waals surface area contributed by atoms with Crippen LogP contribution in [0.3, 0.4) is 0 Å². The average Bonchev–Trinajstić information content (AvgIpc) is 3.23. The van der Waals surface area contributed by atoms with Gasteiger partial charge in [-0.15, -0.1) is 11.6 Å². The SMILES string of the molecule is CC(C)CCN(C(=O)c1cccc(CCl)c1)C1CC1. The average molecular weight is 280 g/mol. The van der Waals surface area contributed by atoms with Crippen molar-refractivity contribution in [3.05, 3.63) is 35.4 Å². The van der Waals surface area contributed by atoms with Crippen molar-refractivity contribution in [2.24, 2.45) is 5.92 Å². The van der Waals surface area contributed by atoms with Crippen molar-refractivity contribution in [2.75, 3.05) is 6.54 Å². The largest absolute Gasteiger partial charge is 0.336 e. The van der Waals surface area contributed by atoms with Gasteiger partial charge in [-0.05, 0) is 42.9 Å². The third kappa shape index (κ3) is 3.97. The molecule has 0 aromatic heterocycles. The first-order valence-electron chi connectivity index (χ1n) is 7.07. The van der Waals surface area contributed by atoms with Crippen LogP contribution in [0.5, 0.6) is 0 Å². The monoisotopic (exact) mass is 279 g/mol. The van der Waals surface area contributed by atoms with Crippen LogP contribution >= 0.6 is 11.6 Å². The normalized spacial score (nSPS) is 14.7. The van der Waals surface area contributed by atoms with Gasteiger partial charge in [-0.25, -0.2) is 0 Å². The Hall–Kier alpha value is -1.02. The van der Waals surface area contributed by atoms with Gasteiger partial charge in [0.05, 0.1) is 0 Å². The van der Waals surface area contributed by atoms with Crippen LogP contribution in [-0.4, -0.2) is 23.4 Å². The fraction of sp³-hybridized carbons (Fsp3) is 0.562. The van der Waals surface area contributed by atoms with Crippen LogP contribution in [0.1, 0.15) is 49.0 Å². The van der Waals surface area contributed by atoms with Crippen LogP contribution in [0.25, 0.3) is 0 Å². The van der Waals surface area contributed by atoms with E-state index in [2.05, 4.69) is 13.8 Å². The van der Waals surface area contributed by atoms with Crippen LogP contribution in [0.4, 0.5) is 0 Å². The molecule has 0 atom stereocenters. The number of carbonyl (C=O) groups is 1. The predicted molar refractivity (Wildman–Crippen MR) is 79.5 cm³/mol. The summed E-state index contributed by atoms with van der Waals surface area (Å²) in [5.74, 6) is 1.25. The summed E-state index contributed by atoms with van der Waals surface area (Å²) >= 11 is 5.84. The van der Waals surface area contributed by atoms with Crippen LogP contribution in [0.2, 0.25) is 0 Å². The molecule has 2 rings (SSSR count). The summed E-state index contributed by atoms with van der Waals surface area (Å²) in [6, 6.07) is 8.15. The predicted octanol–water partition coefficient (Wildman–Crippen LogP) is 4.08. The zero-order valence-electron chi connectivity index (χ0n) is 11.7. The van der Waals surface area contributed by atoms with Gasteiger partial charge in [0.25, 0.3) is 5.91 Å². The molecule has 104 valence electrons. The Labute approximate surface area is 120 Å². The van der Waals surface area contributed by atoms with E-state index in [0.29, 0.717) is 17.8 Å². The minimum atomic E-state index is 0.162. The fourth-order valence-electron chi connectivity index (χ4n) is 2.19. The maximum atomic E-state index is 12.6. The maximum Gasteiger partial charge on any atom is 0.254 e. The molecule has 19 heavy (non-hydrogen) atoms. The van der Waals surface area contributed by atoms with Gasteiger partial charge in [-0.2, -0.15) is 0 Å². The highest BCUT2D eigenvalue weighted by Gasteiger charge is 2.32. The Morgan fingerprint density at radius 2 is 2.16 bits per heavy atom. The van der Waals surface area contributed by atoms with E-state index >= 15 is 0 Å². The van der Waals surface area contributed by atoms with E-state index in [1.807, 2.05) is 29.2 Å². The van der Waals surface area contributed by atoms with Crippen molar-refractivity contribution >= 4 is 17.5 Å². The molecule has 0 radical (unpaired) electrons. The first-order valence-corrected chi connectivity index (χ1v) is 7.61. The van der Waals surface area contributed by atoms with E-state index in [9.17, 15) is 4.79 Å². The molecule has 1 aliphatic carbocycles. The number of benzene rings is 1. The second-order valence-corrected chi connectivity index (χ2v) is 6.01. The Kier molecular flexibility index (Phi) is 4.87. The Morgan fingerprint density at radius 3 is 2.74 bits per heavy atom. The number of hydrogen-bond donors (Lipinski definition) is 0. The van der Waals surface area contributed by atoms with E-state index in [0.717, 1.165) is 36.9 Å². The molecule has 0 bridgehead atoms. The molecule has 1 aliphatic rings. The summed E-state index contributed by atoms with van der Waals surface area (Å²) in [4.78, 5) is 14.6. The molecule has 1 aromatic carbocycles. The number of nitrogens with zero attached hydrogens (tertiary/aromatic N) is 1. The number of hydrogen-bond acceptors (Lipinski definition) is 1. The van der Waals surface area contributed by atoms with Crippen LogP contribution in [-0.2, 0) is 5.88 Å². The van der Waals surface area contributed by atoms with E-state index < -0.39 is 0 Å². The van der Waals surface area contributed by atoms with Crippen LogP contribution in [0, 0.1) is 5.92 Å². The summed E-state index contributed by atoms with van der Waals surface area (Å²) < 4.78 is 0. The van der Waals surface area contributed by atoms with Crippen molar-refractivity contribution in [1.82, 2.24) is 4.90 Å². The fourth-order valence-corrected chi connectivity index (χ4v) is 2.35. The minimum absolute atomic E-state index is 0.162. The number of amides is 1. The van der Waals surface area contributed by atoms with Gasteiger partial charge in [0.2, 0.25) is 0 Å². The smallest absolute Gasteiger partial charge is 0.254 e. The second-order valence-electron chi connectivity index (χ2n) is 5.75. The number of alkyl halides is 1. The zero-order valence-corrected chi connectivity index (χ0v) is 12.5. The summed E-state index contributed by atoms with van der Waals surface area (Å²) in [6.45, 7) is 5.26. The minimum Gasteiger partial charge on any atom is -0.336 e. The highest BCUT2D eigenvalue weighted by atomic mass is 35.5. The van der Waals surface area contributed by atoms with E-state index in [1.54, 1.807) is 0 Å². The Balaban J connectivity index is 2.09. The molecule has 2 nitrogen and oxygen atoms in total. The third-order valence-electron chi connectivity index (χ3n) is 3.52. The Bertz CT molecular complexity index is 440. The van der Waals surface area contributed by atoms with E-state index in [1.165, 1.54) is 0 Å². The van der Waals surface area contributed by atoms with Crippen LogP contribution < -0.4 is 0 Å². The molecule has 0 unspecified atom stereocenters. The highest BCUT2D eigenvalue weighted by molar-refractivity contribution is 6.17. The van der Waals surface area contributed by atoms with Crippen LogP contribution in [0.15, 0.2) is 24.3 Å². The summed E-state index contributed by atoms with van der Waals surface area (Å²) in [7, 11) is 0. The molecule has 0 spiro atoms. The van der Waals surface area contributed by atoms with Gasteiger partial charge in [-0.3, -0.25) is 4.79 Å². The molecule has 1 aromatic rings. The zero-order chi connectivity index (χ0) is 13.8. The molecule has 1 saturated carbocycles. The topological polar surface area (TPSA) is 20.3 Å². The molecule has 0 heterocycles. The van der Waals surface area contributed by atoms with Gasteiger partial charge < -0.3 is 4.90 Å². The number of carbonyl (C=O) groups excluding carboxylic acids is 1. The molecule has 0 saturated heterocycles. The van der Waals surface area contributed by atoms with Crippen molar-refractivity contribution < 1.29 is 4.79 Å². The molecule has 1 amide bonds. The lowest BCUT2D eigenvalue weighted by Gasteiger charge is -2.23. The van der Waals surface area contributed by atoms with Gasteiger partial charge in [0.1, 0.15) is 0 Å². The molecule has 1 fully saturated rings.